The van der Waals surface area contributed by atoms with E-state index in [9.17, 15) is 4.79 Å². The van der Waals surface area contributed by atoms with E-state index in [4.69, 9.17) is 17.3 Å². The fraction of sp³-hybridized carbons (Fsp3) is 0.400. The van der Waals surface area contributed by atoms with Gasteiger partial charge in [0.2, 0.25) is 11.2 Å². The molecule has 0 radical (unpaired) electrons. The predicted molar refractivity (Wildman–Crippen MR) is 66.2 cm³/mol. The SMILES string of the molecule is NCC1CC(=O)N(c2nc(Cl)nc3nc[nH]c23)C1. The Labute approximate surface area is 107 Å². The van der Waals surface area contributed by atoms with Gasteiger partial charge in [0.15, 0.2) is 11.5 Å². The number of aromatic amines is 1. The minimum atomic E-state index is -0.00360. The molecule has 1 fully saturated rings. The third-order valence-corrected chi connectivity index (χ3v) is 3.20. The number of hydrogen-bond acceptors (Lipinski definition) is 5. The maximum absolute atomic E-state index is 12.0. The van der Waals surface area contributed by atoms with Crippen molar-refractivity contribution < 1.29 is 4.79 Å². The molecule has 8 heteroatoms. The number of nitrogens with zero attached hydrogens (tertiary/aromatic N) is 4. The molecule has 94 valence electrons. The summed E-state index contributed by atoms with van der Waals surface area (Å²) in [5.74, 6) is 0.628. The van der Waals surface area contributed by atoms with Gasteiger partial charge in [0.25, 0.3) is 0 Å². The van der Waals surface area contributed by atoms with Gasteiger partial charge in [-0.15, -0.1) is 0 Å². The van der Waals surface area contributed by atoms with E-state index in [1.54, 1.807) is 4.90 Å². The molecule has 3 N–H and O–H groups in total. The standard InChI is InChI=1S/C10H11ClN6O/c11-10-15-8-7(13-4-14-8)9(16-10)17-3-5(2-12)1-6(17)18/h4-5H,1-3,12H2,(H,13,14,15,16). The number of H-pyrrole nitrogens is 1. The van der Waals surface area contributed by atoms with Crippen LogP contribution in [0.4, 0.5) is 5.82 Å². The molecule has 1 aliphatic heterocycles. The Bertz CT molecular complexity index is 611. The van der Waals surface area contributed by atoms with Crippen LogP contribution in [0.3, 0.4) is 0 Å². The molecule has 2 aromatic rings. The summed E-state index contributed by atoms with van der Waals surface area (Å²) in [5.41, 5.74) is 6.67. The number of halogens is 1. The monoisotopic (exact) mass is 266 g/mol. The molecule has 1 unspecified atom stereocenters. The summed E-state index contributed by atoms with van der Waals surface area (Å²) < 4.78 is 0. The van der Waals surface area contributed by atoms with E-state index in [2.05, 4.69) is 19.9 Å². The van der Waals surface area contributed by atoms with Crippen LogP contribution in [-0.2, 0) is 4.79 Å². The van der Waals surface area contributed by atoms with Gasteiger partial charge >= 0.3 is 0 Å². The van der Waals surface area contributed by atoms with Crippen molar-refractivity contribution in [3.8, 4) is 0 Å². The number of amides is 1. The molecule has 0 bridgehead atoms. The van der Waals surface area contributed by atoms with E-state index in [1.807, 2.05) is 0 Å². The minimum Gasteiger partial charge on any atom is -0.340 e. The first-order valence-electron chi connectivity index (χ1n) is 5.56. The first-order valence-corrected chi connectivity index (χ1v) is 5.94. The van der Waals surface area contributed by atoms with Gasteiger partial charge < -0.3 is 10.7 Å². The Hall–Kier alpha value is -1.73. The number of fused-ring (bicyclic) bond motifs is 1. The maximum Gasteiger partial charge on any atom is 0.228 e. The number of rotatable bonds is 2. The van der Waals surface area contributed by atoms with Crippen molar-refractivity contribution in [1.82, 2.24) is 19.9 Å². The van der Waals surface area contributed by atoms with Crippen LogP contribution in [-0.4, -0.2) is 38.9 Å². The molecule has 1 amide bonds. The molecule has 0 aliphatic carbocycles. The number of hydrogen-bond donors (Lipinski definition) is 2. The second kappa shape index (κ2) is 4.18. The summed E-state index contributed by atoms with van der Waals surface area (Å²) in [5, 5.41) is 0.0774. The molecule has 1 saturated heterocycles. The Balaban J connectivity index is 2.09. The summed E-state index contributed by atoms with van der Waals surface area (Å²) >= 11 is 5.84. The van der Waals surface area contributed by atoms with E-state index < -0.39 is 0 Å². The molecular formula is C10H11ClN6O. The fourth-order valence-electron chi connectivity index (χ4n) is 2.13. The van der Waals surface area contributed by atoms with Gasteiger partial charge in [0.05, 0.1) is 6.33 Å². The maximum atomic E-state index is 12.0. The van der Waals surface area contributed by atoms with Crippen molar-refractivity contribution in [2.75, 3.05) is 18.0 Å². The lowest BCUT2D eigenvalue weighted by Gasteiger charge is -2.15. The smallest absolute Gasteiger partial charge is 0.228 e. The highest BCUT2D eigenvalue weighted by molar-refractivity contribution is 6.28. The molecule has 1 aliphatic rings. The van der Waals surface area contributed by atoms with Gasteiger partial charge in [-0.2, -0.15) is 9.97 Å². The summed E-state index contributed by atoms with van der Waals surface area (Å²) in [6.45, 7) is 1.03. The zero-order valence-electron chi connectivity index (χ0n) is 9.43. The highest BCUT2D eigenvalue weighted by atomic mass is 35.5. The molecule has 3 rings (SSSR count). The Morgan fingerprint density at radius 2 is 2.39 bits per heavy atom. The predicted octanol–water partition coefficient (Wildman–Crippen LogP) is 0.318. The van der Waals surface area contributed by atoms with Gasteiger partial charge in [-0.1, -0.05) is 0 Å². The number of aromatic nitrogens is 4. The van der Waals surface area contributed by atoms with Gasteiger partial charge in [0, 0.05) is 13.0 Å². The van der Waals surface area contributed by atoms with Crippen LogP contribution in [0.25, 0.3) is 11.2 Å². The second-order valence-electron chi connectivity index (χ2n) is 4.23. The van der Waals surface area contributed by atoms with E-state index in [0.717, 1.165) is 0 Å². The Morgan fingerprint density at radius 3 is 3.11 bits per heavy atom. The zero-order chi connectivity index (χ0) is 12.7. The third kappa shape index (κ3) is 1.72. The zero-order valence-corrected chi connectivity index (χ0v) is 10.2. The quantitative estimate of drug-likeness (QED) is 0.762. The Kier molecular flexibility index (Phi) is 2.64. The Morgan fingerprint density at radius 1 is 1.56 bits per heavy atom. The van der Waals surface area contributed by atoms with Crippen molar-refractivity contribution in [2.24, 2.45) is 11.7 Å². The summed E-state index contributed by atoms with van der Waals surface area (Å²) in [6, 6.07) is 0. The summed E-state index contributed by atoms with van der Waals surface area (Å²) in [6.07, 6.45) is 1.94. The number of carbonyl (C=O) groups is 1. The van der Waals surface area contributed by atoms with Gasteiger partial charge in [-0.3, -0.25) is 9.69 Å². The summed E-state index contributed by atoms with van der Waals surface area (Å²) in [7, 11) is 0. The lowest BCUT2D eigenvalue weighted by molar-refractivity contribution is -0.117. The minimum absolute atomic E-state index is 0.00360. The number of nitrogens with one attached hydrogen (secondary N) is 1. The van der Waals surface area contributed by atoms with Gasteiger partial charge in [0.1, 0.15) is 5.52 Å². The average Bonchev–Trinajstić information content (AvgIpc) is 2.94. The lowest BCUT2D eigenvalue weighted by atomic mass is 10.1. The number of nitrogens with two attached hydrogens (primary N) is 1. The molecule has 0 saturated carbocycles. The van der Waals surface area contributed by atoms with E-state index in [1.165, 1.54) is 6.33 Å². The van der Waals surface area contributed by atoms with Crippen molar-refractivity contribution in [3.63, 3.8) is 0 Å². The van der Waals surface area contributed by atoms with Crippen molar-refractivity contribution >= 4 is 34.5 Å². The van der Waals surface area contributed by atoms with Gasteiger partial charge in [-0.25, -0.2) is 4.98 Å². The van der Waals surface area contributed by atoms with E-state index in [0.29, 0.717) is 36.5 Å². The second-order valence-corrected chi connectivity index (χ2v) is 4.57. The largest absolute Gasteiger partial charge is 0.340 e. The first-order chi connectivity index (χ1) is 8.69. The highest BCUT2D eigenvalue weighted by Gasteiger charge is 2.32. The topological polar surface area (TPSA) is 101 Å². The molecule has 2 aromatic heterocycles. The van der Waals surface area contributed by atoms with E-state index in [-0.39, 0.29) is 17.1 Å². The van der Waals surface area contributed by atoms with Gasteiger partial charge in [-0.05, 0) is 24.1 Å². The lowest BCUT2D eigenvalue weighted by Crippen LogP contribution is -2.27. The fourth-order valence-corrected chi connectivity index (χ4v) is 2.29. The molecule has 18 heavy (non-hydrogen) atoms. The number of anilines is 1. The van der Waals surface area contributed by atoms with Crippen LogP contribution in [0.2, 0.25) is 5.28 Å². The van der Waals surface area contributed by atoms with Crippen molar-refractivity contribution in [2.45, 2.75) is 6.42 Å². The van der Waals surface area contributed by atoms with Crippen LogP contribution in [0.15, 0.2) is 6.33 Å². The van der Waals surface area contributed by atoms with Crippen LogP contribution >= 0.6 is 11.6 Å². The van der Waals surface area contributed by atoms with Crippen LogP contribution in [0.5, 0.6) is 0 Å². The molecule has 0 aromatic carbocycles. The number of carbonyl (C=O) groups excluding carboxylic acids is 1. The number of imidazole rings is 1. The average molecular weight is 267 g/mol. The van der Waals surface area contributed by atoms with Crippen LogP contribution in [0.1, 0.15) is 6.42 Å². The highest BCUT2D eigenvalue weighted by Crippen LogP contribution is 2.28. The third-order valence-electron chi connectivity index (χ3n) is 3.03. The van der Waals surface area contributed by atoms with E-state index >= 15 is 0 Å². The molecule has 1 atom stereocenters. The molecule has 7 nitrogen and oxygen atoms in total. The molecule has 3 heterocycles. The molecule has 0 spiro atoms. The van der Waals surface area contributed by atoms with Crippen LogP contribution in [0, 0.1) is 5.92 Å². The van der Waals surface area contributed by atoms with Crippen LogP contribution < -0.4 is 10.6 Å². The normalized spacial score (nSPS) is 20.0. The molecular weight excluding hydrogens is 256 g/mol. The van der Waals surface area contributed by atoms with Crippen molar-refractivity contribution in [1.29, 1.82) is 0 Å². The summed E-state index contributed by atoms with van der Waals surface area (Å²) in [4.78, 5) is 28.6. The van der Waals surface area contributed by atoms with Crippen molar-refractivity contribution in [3.05, 3.63) is 11.6 Å². The first kappa shape index (κ1) is 11.4.